The van der Waals surface area contributed by atoms with E-state index in [1.807, 2.05) is 39.0 Å². The van der Waals surface area contributed by atoms with E-state index < -0.39 is 6.10 Å². The Kier molecular flexibility index (Phi) is 5.16. The van der Waals surface area contributed by atoms with Crippen LogP contribution in [-0.2, 0) is 0 Å². The number of carbonyl (C=O) groups excluding carboxylic acids is 1. The Bertz CT molecular complexity index is 388. The normalized spacial score (nSPS) is 12.2. The minimum Gasteiger partial charge on any atom is -0.391 e. The van der Waals surface area contributed by atoms with Gasteiger partial charge in [-0.1, -0.05) is 25.5 Å². The van der Waals surface area contributed by atoms with Crippen molar-refractivity contribution in [2.24, 2.45) is 0 Å². The van der Waals surface area contributed by atoms with Crippen molar-refractivity contribution in [2.75, 3.05) is 6.54 Å². The molecule has 0 aliphatic heterocycles. The van der Waals surface area contributed by atoms with Crippen LogP contribution in [0, 0.1) is 13.8 Å². The second kappa shape index (κ2) is 6.40. The highest BCUT2D eigenvalue weighted by atomic mass is 16.3. The van der Waals surface area contributed by atoms with Crippen LogP contribution in [0.3, 0.4) is 0 Å². The molecule has 0 saturated carbocycles. The van der Waals surface area contributed by atoms with Crippen molar-refractivity contribution < 1.29 is 9.90 Å². The van der Waals surface area contributed by atoms with Gasteiger partial charge in [0.2, 0.25) is 0 Å². The summed E-state index contributed by atoms with van der Waals surface area (Å²) in [5.74, 6) is -0.110. The van der Waals surface area contributed by atoms with E-state index >= 15 is 0 Å². The number of hydrogen-bond acceptors (Lipinski definition) is 2. The van der Waals surface area contributed by atoms with E-state index in [0.29, 0.717) is 18.5 Å². The van der Waals surface area contributed by atoms with E-state index in [2.05, 4.69) is 5.32 Å². The van der Waals surface area contributed by atoms with Crippen LogP contribution in [0.4, 0.5) is 0 Å². The van der Waals surface area contributed by atoms with Crippen molar-refractivity contribution in [3.05, 3.63) is 34.9 Å². The minimum atomic E-state index is -0.450. The Morgan fingerprint density at radius 3 is 2.76 bits per heavy atom. The zero-order valence-corrected chi connectivity index (χ0v) is 10.8. The lowest BCUT2D eigenvalue weighted by molar-refractivity contribution is 0.0909. The average molecular weight is 235 g/mol. The first kappa shape index (κ1) is 13.7. The SMILES string of the molecule is CCCC(O)CNC(=O)c1cccc(C)c1C. The molecule has 0 fully saturated rings. The highest BCUT2D eigenvalue weighted by Crippen LogP contribution is 2.12. The van der Waals surface area contributed by atoms with Crippen LogP contribution in [0.25, 0.3) is 0 Å². The maximum atomic E-state index is 11.9. The fourth-order valence-corrected chi connectivity index (χ4v) is 1.74. The molecule has 2 N–H and O–H groups in total. The van der Waals surface area contributed by atoms with Crippen LogP contribution in [0.2, 0.25) is 0 Å². The number of aliphatic hydroxyl groups excluding tert-OH is 1. The van der Waals surface area contributed by atoms with E-state index in [1.54, 1.807) is 0 Å². The first-order chi connectivity index (χ1) is 8.06. The molecule has 1 atom stereocenters. The Labute approximate surface area is 103 Å². The summed E-state index contributed by atoms with van der Waals surface area (Å²) >= 11 is 0. The van der Waals surface area contributed by atoms with Gasteiger partial charge in [0.05, 0.1) is 6.10 Å². The summed E-state index contributed by atoms with van der Waals surface area (Å²) in [5.41, 5.74) is 2.79. The summed E-state index contributed by atoms with van der Waals surface area (Å²) in [6.07, 6.45) is 1.18. The van der Waals surface area contributed by atoms with Crippen LogP contribution >= 0.6 is 0 Å². The molecular weight excluding hydrogens is 214 g/mol. The van der Waals surface area contributed by atoms with Gasteiger partial charge in [-0.3, -0.25) is 4.79 Å². The molecule has 0 bridgehead atoms. The Morgan fingerprint density at radius 1 is 1.41 bits per heavy atom. The van der Waals surface area contributed by atoms with Gasteiger partial charge in [-0.2, -0.15) is 0 Å². The Hall–Kier alpha value is -1.35. The molecule has 17 heavy (non-hydrogen) atoms. The summed E-state index contributed by atoms with van der Waals surface area (Å²) in [4.78, 5) is 11.9. The highest BCUT2D eigenvalue weighted by Gasteiger charge is 2.11. The number of aliphatic hydroxyl groups is 1. The van der Waals surface area contributed by atoms with Crippen molar-refractivity contribution in [1.82, 2.24) is 5.32 Å². The summed E-state index contributed by atoms with van der Waals surface area (Å²) in [5, 5.41) is 12.3. The maximum absolute atomic E-state index is 11.9. The van der Waals surface area contributed by atoms with Gasteiger partial charge < -0.3 is 10.4 Å². The van der Waals surface area contributed by atoms with Crippen molar-refractivity contribution in [3.63, 3.8) is 0 Å². The van der Waals surface area contributed by atoms with E-state index in [4.69, 9.17) is 0 Å². The van der Waals surface area contributed by atoms with Crippen molar-refractivity contribution in [1.29, 1.82) is 0 Å². The Balaban J connectivity index is 2.61. The van der Waals surface area contributed by atoms with Crippen LogP contribution in [0.1, 0.15) is 41.3 Å². The predicted molar refractivity (Wildman–Crippen MR) is 69.2 cm³/mol. The van der Waals surface area contributed by atoms with E-state index in [0.717, 1.165) is 17.5 Å². The molecule has 0 aliphatic rings. The minimum absolute atomic E-state index is 0.110. The monoisotopic (exact) mass is 235 g/mol. The van der Waals surface area contributed by atoms with Gasteiger partial charge in [-0.15, -0.1) is 0 Å². The molecule has 1 aromatic rings. The standard InChI is InChI=1S/C14H21NO2/c1-4-6-12(16)9-15-14(17)13-8-5-7-10(2)11(13)3/h5,7-8,12,16H,4,6,9H2,1-3H3,(H,15,17). The van der Waals surface area contributed by atoms with Gasteiger partial charge in [0, 0.05) is 12.1 Å². The molecule has 0 saturated heterocycles. The van der Waals surface area contributed by atoms with Crippen LogP contribution in [0.5, 0.6) is 0 Å². The molecular formula is C14H21NO2. The molecule has 3 heteroatoms. The molecule has 0 aliphatic carbocycles. The topological polar surface area (TPSA) is 49.3 Å². The van der Waals surface area contributed by atoms with Gasteiger partial charge in [0.1, 0.15) is 0 Å². The van der Waals surface area contributed by atoms with Gasteiger partial charge in [-0.25, -0.2) is 0 Å². The smallest absolute Gasteiger partial charge is 0.251 e. The molecule has 0 heterocycles. The lowest BCUT2D eigenvalue weighted by Gasteiger charge is -2.12. The van der Waals surface area contributed by atoms with E-state index in [1.165, 1.54) is 0 Å². The number of carbonyl (C=O) groups is 1. The number of benzene rings is 1. The molecule has 1 aromatic carbocycles. The van der Waals surface area contributed by atoms with Crippen molar-refractivity contribution in [3.8, 4) is 0 Å². The Morgan fingerprint density at radius 2 is 2.12 bits per heavy atom. The molecule has 0 aromatic heterocycles. The molecule has 94 valence electrons. The van der Waals surface area contributed by atoms with Crippen LogP contribution in [0.15, 0.2) is 18.2 Å². The molecule has 0 spiro atoms. The quantitative estimate of drug-likeness (QED) is 0.822. The maximum Gasteiger partial charge on any atom is 0.251 e. The first-order valence-corrected chi connectivity index (χ1v) is 6.08. The molecule has 1 unspecified atom stereocenters. The fraction of sp³-hybridized carbons (Fsp3) is 0.500. The molecule has 3 nitrogen and oxygen atoms in total. The van der Waals surface area contributed by atoms with E-state index in [-0.39, 0.29) is 5.91 Å². The number of amides is 1. The molecule has 0 radical (unpaired) electrons. The zero-order valence-electron chi connectivity index (χ0n) is 10.8. The lowest BCUT2D eigenvalue weighted by atomic mass is 10.0. The largest absolute Gasteiger partial charge is 0.391 e. The van der Waals surface area contributed by atoms with Crippen LogP contribution in [-0.4, -0.2) is 23.7 Å². The van der Waals surface area contributed by atoms with Gasteiger partial charge in [0.15, 0.2) is 0 Å². The van der Waals surface area contributed by atoms with Crippen LogP contribution < -0.4 is 5.32 Å². The second-order valence-corrected chi connectivity index (χ2v) is 4.40. The average Bonchev–Trinajstić information content (AvgIpc) is 2.30. The first-order valence-electron chi connectivity index (χ1n) is 6.08. The number of aryl methyl sites for hydroxylation is 1. The summed E-state index contributed by atoms with van der Waals surface area (Å²) in [6, 6.07) is 5.67. The van der Waals surface area contributed by atoms with Gasteiger partial charge >= 0.3 is 0 Å². The predicted octanol–water partition coefficient (Wildman–Crippen LogP) is 2.19. The molecule has 1 rings (SSSR count). The van der Waals surface area contributed by atoms with Crippen molar-refractivity contribution >= 4 is 5.91 Å². The number of hydrogen-bond donors (Lipinski definition) is 2. The highest BCUT2D eigenvalue weighted by molar-refractivity contribution is 5.95. The lowest BCUT2D eigenvalue weighted by Crippen LogP contribution is -2.32. The third-order valence-corrected chi connectivity index (χ3v) is 2.97. The zero-order chi connectivity index (χ0) is 12.8. The summed E-state index contributed by atoms with van der Waals surface area (Å²) in [7, 11) is 0. The van der Waals surface area contributed by atoms with Crippen molar-refractivity contribution in [2.45, 2.75) is 39.7 Å². The summed E-state index contributed by atoms with van der Waals surface area (Å²) < 4.78 is 0. The fourth-order valence-electron chi connectivity index (χ4n) is 1.74. The second-order valence-electron chi connectivity index (χ2n) is 4.40. The van der Waals surface area contributed by atoms with E-state index in [9.17, 15) is 9.90 Å². The number of rotatable bonds is 5. The number of nitrogens with one attached hydrogen (secondary N) is 1. The third kappa shape index (κ3) is 3.86. The molecule has 1 amide bonds. The summed E-state index contributed by atoms with van der Waals surface area (Å²) in [6.45, 7) is 6.25. The third-order valence-electron chi connectivity index (χ3n) is 2.97. The van der Waals surface area contributed by atoms with Gasteiger partial charge in [0.25, 0.3) is 5.91 Å². The van der Waals surface area contributed by atoms with Gasteiger partial charge in [-0.05, 0) is 37.5 Å².